The van der Waals surface area contributed by atoms with Crippen LogP contribution >= 0.6 is 45.2 Å². The van der Waals surface area contributed by atoms with Gasteiger partial charge in [0.05, 0.1) is 0 Å². The van der Waals surface area contributed by atoms with Crippen LogP contribution in [0.3, 0.4) is 0 Å². The van der Waals surface area contributed by atoms with E-state index in [1.165, 1.54) is 24.3 Å². The van der Waals surface area contributed by atoms with Gasteiger partial charge in [0.2, 0.25) is 0 Å². The van der Waals surface area contributed by atoms with Crippen LogP contribution < -0.4 is 9.47 Å². The molecule has 130 valence electrons. The number of ether oxygens (including phenoxy) is 2. The van der Waals surface area contributed by atoms with Crippen molar-refractivity contribution in [3.8, 4) is 22.6 Å². The minimum atomic E-state index is -4.98. The van der Waals surface area contributed by atoms with E-state index in [0.29, 0.717) is 7.14 Å². The summed E-state index contributed by atoms with van der Waals surface area (Å²) in [5.74, 6) is -1.22. The van der Waals surface area contributed by atoms with Crippen molar-refractivity contribution in [1.29, 1.82) is 0 Å². The van der Waals surface area contributed by atoms with Gasteiger partial charge in [-0.05, 0) is 81.6 Å². The Morgan fingerprint density at radius 1 is 0.625 bits per heavy atom. The molecule has 24 heavy (non-hydrogen) atoms. The van der Waals surface area contributed by atoms with Crippen molar-refractivity contribution < 1.29 is 35.8 Å². The molecule has 0 amide bonds. The van der Waals surface area contributed by atoms with Crippen LogP contribution in [0.15, 0.2) is 36.4 Å². The van der Waals surface area contributed by atoms with E-state index in [9.17, 15) is 26.3 Å². The summed E-state index contributed by atoms with van der Waals surface area (Å²) >= 11 is 3.54. The molecule has 0 radical (unpaired) electrons. The maximum absolute atomic E-state index is 12.6. The van der Waals surface area contributed by atoms with E-state index >= 15 is 0 Å². The second-order valence-corrected chi connectivity index (χ2v) is 6.87. The Kier molecular flexibility index (Phi) is 5.77. The molecule has 0 aliphatic carbocycles. The van der Waals surface area contributed by atoms with Crippen LogP contribution in [0.25, 0.3) is 11.1 Å². The molecule has 0 saturated carbocycles. The number of alkyl halides is 6. The fourth-order valence-electron chi connectivity index (χ4n) is 1.86. The molecule has 0 atom stereocenters. The van der Waals surface area contributed by atoms with Gasteiger partial charge in [0.25, 0.3) is 0 Å². The topological polar surface area (TPSA) is 18.5 Å². The molecule has 0 unspecified atom stereocenters. The summed E-state index contributed by atoms with van der Waals surface area (Å²) in [7, 11) is 0. The Hall–Kier alpha value is -0.920. The highest BCUT2D eigenvalue weighted by atomic mass is 127. The molecule has 0 saturated heterocycles. The highest BCUT2D eigenvalue weighted by molar-refractivity contribution is 14.1. The molecule has 0 bridgehead atoms. The molecule has 0 aromatic heterocycles. The summed E-state index contributed by atoms with van der Waals surface area (Å²) in [6.45, 7) is 0. The van der Waals surface area contributed by atoms with Crippen LogP contribution in [0.5, 0.6) is 11.5 Å². The lowest BCUT2D eigenvalue weighted by Gasteiger charge is -2.17. The molecular formula is C14H6F6I2O2. The third kappa shape index (κ3) is 5.57. The third-order valence-electron chi connectivity index (χ3n) is 2.63. The summed E-state index contributed by atoms with van der Waals surface area (Å²) < 4.78 is 84.1. The van der Waals surface area contributed by atoms with Gasteiger partial charge >= 0.3 is 12.7 Å². The first-order valence-electron chi connectivity index (χ1n) is 6.05. The summed E-state index contributed by atoms with van der Waals surface area (Å²) in [5, 5.41) is 0. The first-order chi connectivity index (χ1) is 10.9. The van der Waals surface area contributed by atoms with Crippen LogP contribution in [-0.2, 0) is 0 Å². The summed E-state index contributed by atoms with van der Waals surface area (Å²) in [4.78, 5) is 0. The first-order valence-corrected chi connectivity index (χ1v) is 8.21. The molecule has 2 aromatic rings. The van der Waals surface area contributed by atoms with Crippen molar-refractivity contribution in [2.45, 2.75) is 12.7 Å². The van der Waals surface area contributed by atoms with Crippen molar-refractivity contribution >= 4 is 45.2 Å². The van der Waals surface area contributed by atoms with Gasteiger partial charge in [-0.1, -0.05) is 0 Å². The van der Waals surface area contributed by atoms with Crippen LogP contribution in [-0.4, -0.2) is 12.7 Å². The number of hydrogen-bond acceptors (Lipinski definition) is 2. The van der Waals surface area contributed by atoms with E-state index in [0.717, 1.165) is 12.1 Å². The quantitative estimate of drug-likeness (QED) is 0.314. The largest absolute Gasteiger partial charge is 0.573 e. The highest BCUT2D eigenvalue weighted by Gasteiger charge is 2.35. The number of hydrogen-bond donors (Lipinski definition) is 0. The van der Waals surface area contributed by atoms with Crippen molar-refractivity contribution in [1.82, 2.24) is 0 Å². The fourth-order valence-corrected chi connectivity index (χ4v) is 2.78. The second kappa shape index (κ2) is 7.14. The Morgan fingerprint density at radius 3 is 1.25 bits per heavy atom. The van der Waals surface area contributed by atoms with Gasteiger partial charge in [0.1, 0.15) is 11.5 Å². The first kappa shape index (κ1) is 19.4. The number of benzene rings is 2. The SMILES string of the molecule is FC(F)(F)Oc1cc(I)ccc1-c1ccc(I)cc1OC(F)(F)F. The predicted molar refractivity (Wildman–Crippen MR) is 90.7 cm³/mol. The maximum Gasteiger partial charge on any atom is 0.573 e. The maximum atomic E-state index is 12.6. The van der Waals surface area contributed by atoms with E-state index < -0.39 is 24.2 Å². The minimum Gasteiger partial charge on any atom is -0.405 e. The van der Waals surface area contributed by atoms with Crippen molar-refractivity contribution in [2.75, 3.05) is 0 Å². The van der Waals surface area contributed by atoms with Crippen LogP contribution in [0.4, 0.5) is 26.3 Å². The van der Waals surface area contributed by atoms with Crippen LogP contribution in [0, 0.1) is 7.14 Å². The molecular weight excluding hydrogens is 568 g/mol. The summed E-state index contributed by atoms with van der Waals surface area (Å²) in [5.41, 5.74) is -0.327. The molecule has 0 N–H and O–H groups in total. The Bertz CT molecular complexity index is 680. The average molecular weight is 574 g/mol. The van der Waals surface area contributed by atoms with E-state index in [4.69, 9.17) is 0 Å². The zero-order chi connectivity index (χ0) is 18.1. The van der Waals surface area contributed by atoms with Crippen molar-refractivity contribution in [3.05, 3.63) is 43.5 Å². The fraction of sp³-hybridized carbons (Fsp3) is 0.143. The van der Waals surface area contributed by atoms with Gasteiger partial charge < -0.3 is 9.47 Å². The molecule has 2 aromatic carbocycles. The average Bonchev–Trinajstić information content (AvgIpc) is 2.36. The van der Waals surface area contributed by atoms with Crippen LogP contribution in [0.1, 0.15) is 0 Å². The monoisotopic (exact) mass is 574 g/mol. The van der Waals surface area contributed by atoms with Crippen molar-refractivity contribution in [2.24, 2.45) is 0 Å². The minimum absolute atomic E-state index is 0.164. The van der Waals surface area contributed by atoms with Crippen LogP contribution in [0.2, 0.25) is 0 Å². The number of halogens is 8. The second-order valence-electron chi connectivity index (χ2n) is 4.38. The molecule has 2 rings (SSSR count). The Morgan fingerprint density at radius 2 is 0.958 bits per heavy atom. The highest BCUT2D eigenvalue weighted by Crippen LogP contribution is 2.41. The molecule has 2 nitrogen and oxygen atoms in total. The lowest BCUT2D eigenvalue weighted by atomic mass is 10.0. The standard InChI is InChI=1S/C14H6F6I2O2/c15-13(16,17)23-11-5-7(21)1-3-9(11)10-4-2-8(22)6-12(10)24-14(18,19)20/h1-6H. The molecule has 0 aliphatic rings. The molecule has 0 fully saturated rings. The molecule has 0 spiro atoms. The summed E-state index contributed by atoms with van der Waals surface area (Å²) in [6.07, 6.45) is -9.96. The van der Waals surface area contributed by atoms with Gasteiger partial charge in [0.15, 0.2) is 0 Å². The van der Waals surface area contributed by atoms with Gasteiger partial charge in [-0.25, -0.2) is 0 Å². The van der Waals surface area contributed by atoms with Gasteiger partial charge in [0, 0.05) is 18.3 Å². The van der Waals surface area contributed by atoms with Gasteiger partial charge in [-0.15, -0.1) is 26.3 Å². The normalized spacial score (nSPS) is 12.2. The molecule has 0 aliphatic heterocycles. The number of rotatable bonds is 3. The lowest BCUT2D eigenvalue weighted by Crippen LogP contribution is -2.19. The predicted octanol–water partition coefficient (Wildman–Crippen LogP) is 6.36. The van der Waals surface area contributed by atoms with Crippen molar-refractivity contribution in [3.63, 3.8) is 0 Å². The zero-order valence-corrected chi connectivity index (χ0v) is 15.6. The Balaban J connectivity index is 2.59. The zero-order valence-electron chi connectivity index (χ0n) is 11.3. The third-order valence-corrected chi connectivity index (χ3v) is 3.97. The van der Waals surface area contributed by atoms with E-state index in [-0.39, 0.29) is 11.1 Å². The van der Waals surface area contributed by atoms with Gasteiger partial charge in [-0.3, -0.25) is 0 Å². The Labute approximate surface area is 159 Å². The smallest absolute Gasteiger partial charge is 0.405 e. The van der Waals surface area contributed by atoms with E-state index in [1.807, 2.05) is 0 Å². The molecule has 10 heteroatoms. The van der Waals surface area contributed by atoms with Gasteiger partial charge in [-0.2, -0.15) is 0 Å². The lowest BCUT2D eigenvalue weighted by molar-refractivity contribution is -0.276. The van der Waals surface area contributed by atoms with E-state index in [1.54, 1.807) is 45.2 Å². The molecule has 0 heterocycles. The van der Waals surface area contributed by atoms with E-state index in [2.05, 4.69) is 9.47 Å². The summed E-state index contributed by atoms with van der Waals surface area (Å²) in [6, 6.07) is 7.56.